The molecule has 0 aliphatic heterocycles. The molecular formula is C12H14N2O2. The molecule has 0 aliphatic carbocycles. The zero-order chi connectivity index (χ0) is 11.8. The van der Waals surface area contributed by atoms with Crippen molar-refractivity contribution in [3.63, 3.8) is 0 Å². The van der Waals surface area contributed by atoms with Crippen LogP contribution in [0.4, 0.5) is 5.69 Å². The van der Waals surface area contributed by atoms with Crippen molar-refractivity contribution >= 4 is 11.6 Å². The van der Waals surface area contributed by atoms with Crippen molar-refractivity contribution in [3.8, 4) is 17.6 Å². The van der Waals surface area contributed by atoms with E-state index in [1.807, 2.05) is 0 Å². The average Bonchev–Trinajstić information content (AvgIpc) is 2.27. The van der Waals surface area contributed by atoms with Gasteiger partial charge in [-0.25, -0.2) is 0 Å². The average molecular weight is 218 g/mol. The van der Waals surface area contributed by atoms with Crippen molar-refractivity contribution in [2.75, 3.05) is 18.9 Å². The smallest absolute Gasteiger partial charge is 0.295 e. The van der Waals surface area contributed by atoms with E-state index in [4.69, 9.17) is 10.5 Å². The van der Waals surface area contributed by atoms with E-state index in [9.17, 15) is 4.79 Å². The summed E-state index contributed by atoms with van der Waals surface area (Å²) in [6.45, 7) is 2.45. The summed E-state index contributed by atoms with van der Waals surface area (Å²) in [5.74, 6) is 5.33. The number of amides is 1. The maximum Gasteiger partial charge on any atom is 0.295 e. The maximum absolute atomic E-state index is 10.9. The first kappa shape index (κ1) is 11.9. The van der Waals surface area contributed by atoms with Crippen LogP contribution < -0.4 is 15.8 Å². The molecule has 0 saturated heterocycles. The number of rotatable bonds is 4. The van der Waals surface area contributed by atoms with Crippen molar-refractivity contribution in [2.45, 2.75) is 6.92 Å². The highest BCUT2D eigenvalue weighted by Crippen LogP contribution is 2.12. The van der Waals surface area contributed by atoms with Gasteiger partial charge in [-0.15, -0.1) is 0 Å². The molecule has 0 aromatic heterocycles. The SMILES string of the molecule is CC#CC(=O)NCCOc1ccc(N)cc1. The van der Waals surface area contributed by atoms with Gasteiger partial charge in [0.05, 0.1) is 6.54 Å². The lowest BCUT2D eigenvalue weighted by molar-refractivity contribution is -0.115. The Labute approximate surface area is 94.8 Å². The third-order valence-corrected chi connectivity index (χ3v) is 1.77. The Morgan fingerprint density at radius 1 is 1.44 bits per heavy atom. The van der Waals surface area contributed by atoms with E-state index in [-0.39, 0.29) is 5.91 Å². The molecule has 4 nitrogen and oxygen atoms in total. The van der Waals surface area contributed by atoms with Crippen LogP contribution in [0.2, 0.25) is 0 Å². The van der Waals surface area contributed by atoms with Crippen LogP contribution in [0.25, 0.3) is 0 Å². The van der Waals surface area contributed by atoms with Gasteiger partial charge in [0.25, 0.3) is 5.91 Å². The fraction of sp³-hybridized carbons (Fsp3) is 0.250. The summed E-state index contributed by atoms with van der Waals surface area (Å²) in [5.41, 5.74) is 6.22. The second kappa shape index (κ2) is 6.36. The fourth-order valence-electron chi connectivity index (χ4n) is 1.06. The Bertz CT molecular complexity index is 401. The molecule has 0 atom stereocenters. The molecule has 16 heavy (non-hydrogen) atoms. The molecule has 1 aromatic rings. The van der Waals surface area contributed by atoms with Crippen molar-refractivity contribution in [3.05, 3.63) is 24.3 Å². The fourth-order valence-corrected chi connectivity index (χ4v) is 1.06. The van der Waals surface area contributed by atoms with Crippen molar-refractivity contribution in [1.29, 1.82) is 0 Å². The Morgan fingerprint density at radius 2 is 2.12 bits per heavy atom. The molecule has 4 heteroatoms. The maximum atomic E-state index is 10.9. The molecule has 0 saturated carbocycles. The van der Waals surface area contributed by atoms with Crippen LogP contribution >= 0.6 is 0 Å². The van der Waals surface area contributed by atoms with Crippen LogP contribution in [0.3, 0.4) is 0 Å². The van der Waals surface area contributed by atoms with E-state index >= 15 is 0 Å². The molecule has 1 aromatic carbocycles. The number of nitrogen functional groups attached to an aromatic ring is 1. The molecule has 0 bridgehead atoms. The van der Waals surface area contributed by atoms with Gasteiger partial charge in [-0.05, 0) is 37.1 Å². The Hall–Kier alpha value is -2.15. The number of nitrogens with two attached hydrogens (primary N) is 1. The first-order valence-electron chi connectivity index (χ1n) is 4.91. The topological polar surface area (TPSA) is 64.3 Å². The predicted octanol–water partition coefficient (Wildman–Crippen LogP) is 0.787. The minimum atomic E-state index is -0.289. The Kier molecular flexibility index (Phi) is 4.74. The zero-order valence-corrected chi connectivity index (χ0v) is 9.12. The first-order chi connectivity index (χ1) is 7.72. The molecular weight excluding hydrogens is 204 g/mol. The first-order valence-corrected chi connectivity index (χ1v) is 4.91. The molecule has 0 aliphatic rings. The lowest BCUT2D eigenvalue weighted by Gasteiger charge is -2.06. The normalized spacial score (nSPS) is 8.81. The number of carbonyl (C=O) groups excluding carboxylic acids is 1. The standard InChI is InChI=1S/C12H14N2O2/c1-2-3-12(15)14-8-9-16-11-6-4-10(13)5-7-11/h4-7H,8-9,13H2,1H3,(H,14,15). The molecule has 1 amide bonds. The number of benzene rings is 1. The number of hydrogen-bond acceptors (Lipinski definition) is 3. The number of hydrogen-bond donors (Lipinski definition) is 2. The van der Waals surface area contributed by atoms with E-state index in [1.54, 1.807) is 31.2 Å². The van der Waals surface area contributed by atoms with E-state index in [0.29, 0.717) is 18.8 Å². The third-order valence-electron chi connectivity index (χ3n) is 1.77. The van der Waals surface area contributed by atoms with E-state index < -0.39 is 0 Å². The van der Waals surface area contributed by atoms with Crippen LogP contribution in [-0.4, -0.2) is 19.1 Å². The molecule has 1 rings (SSSR count). The van der Waals surface area contributed by atoms with Gasteiger partial charge in [0.2, 0.25) is 0 Å². The summed E-state index contributed by atoms with van der Waals surface area (Å²) in [6, 6.07) is 7.08. The lowest BCUT2D eigenvalue weighted by atomic mass is 10.3. The molecule has 0 radical (unpaired) electrons. The summed E-state index contributed by atoms with van der Waals surface area (Å²) in [7, 11) is 0. The van der Waals surface area contributed by atoms with Crippen molar-refractivity contribution in [2.24, 2.45) is 0 Å². The summed E-state index contributed by atoms with van der Waals surface area (Å²) in [5, 5.41) is 2.60. The monoisotopic (exact) mass is 218 g/mol. The van der Waals surface area contributed by atoms with Crippen molar-refractivity contribution < 1.29 is 9.53 Å². The second-order valence-electron chi connectivity index (χ2n) is 3.05. The third kappa shape index (κ3) is 4.38. The lowest BCUT2D eigenvalue weighted by Crippen LogP contribution is -2.26. The van der Waals surface area contributed by atoms with Gasteiger partial charge in [0, 0.05) is 5.69 Å². The molecule has 0 fully saturated rings. The molecule has 0 unspecified atom stereocenters. The van der Waals surface area contributed by atoms with E-state index in [2.05, 4.69) is 17.2 Å². The quantitative estimate of drug-likeness (QED) is 0.446. The largest absolute Gasteiger partial charge is 0.492 e. The molecule has 3 N–H and O–H groups in total. The van der Waals surface area contributed by atoms with Crippen LogP contribution in [0, 0.1) is 11.8 Å². The number of anilines is 1. The van der Waals surface area contributed by atoms with Gasteiger partial charge in [-0.2, -0.15) is 0 Å². The summed E-state index contributed by atoms with van der Waals surface area (Å²) < 4.78 is 5.37. The predicted molar refractivity (Wildman–Crippen MR) is 62.8 cm³/mol. The number of carbonyl (C=O) groups is 1. The molecule has 0 spiro atoms. The van der Waals surface area contributed by atoms with Gasteiger partial charge in [-0.3, -0.25) is 4.79 Å². The van der Waals surface area contributed by atoms with E-state index in [1.165, 1.54) is 0 Å². The minimum absolute atomic E-state index is 0.289. The highest BCUT2D eigenvalue weighted by atomic mass is 16.5. The van der Waals surface area contributed by atoms with Crippen molar-refractivity contribution in [1.82, 2.24) is 5.32 Å². The highest BCUT2D eigenvalue weighted by Gasteiger charge is 1.95. The second-order valence-corrected chi connectivity index (χ2v) is 3.05. The summed E-state index contributed by atoms with van der Waals surface area (Å²) in [6.07, 6.45) is 0. The summed E-state index contributed by atoms with van der Waals surface area (Å²) in [4.78, 5) is 10.9. The number of ether oxygens (including phenoxy) is 1. The van der Waals surface area contributed by atoms with Gasteiger partial charge in [0.1, 0.15) is 12.4 Å². The molecule has 0 heterocycles. The van der Waals surface area contributed by atoms with Crippen LogP contribution in [0.15, 0.2) is 24.3 Å². The number of nitrogens with one attached hydrogen (secondary N) is 1. The van der Waals surface area contributed by atoms with Gasteiger partial charge < -0.3 is 15.8 Å². The van der Waals surface area contributed by atoms with Crippen LogP contribution in [-0.2, 0) is 4.79 Å². The Morgan fingerprint density at radius 3 is 2.75 bits per heavy atom. The zero-order valence-electron chi connectivity index (χ0n) is 9.12. The van der Waals surface area contributed by atoms with Gasteiger partial charge >= 0.3 is 0 Å². The highest BCUT2D eigenvalue weighted by molar-refractivity contribution is 5.93. The van der Waals surface area contributed by atoms with E-state index in [0.717, 1.165) is 5.75 Å². The van der Waals surface area contributed by atoms with Crippen LogP contribution in [0.5, 0.6) is 5.75 Å². The Balaban J connectivity index is 2.22. The van der Waals surface area contributed by atoms with Gasteiger partial charge in [0.15, 0.2) is 0 Å². The molecule has 84 valence electrons. The minimum Gasteiger partial charge on any atom is -0.492 e. The van der Waals surface area contributed by atoms with Gasteiger partial charge in [-0.1, -0.05) is 5.92 Å². The summed E-state index contributed by atoms with van der Waals surface area (Å²) >= 11 is 0. The van der Waals surface area contributed by atoms with Crippen LogP contribution in [0.1, 0.15) is 6.92 Å².